The first-order valence-corrected chi connectivity index (χ1v) is 4.41. The lowest BCUT2D eigenvalue weighted by molar-refractivity contribution is -0.130. The number of nitrogens with zero attached hydrogens (tertiary/aromatic N) is 1. The summed E-state index contributed by atoms with van der Waals surface area (Å²) in [5, 5.41) is 0. The van der Waals surface area contributed by atoms with E-state index >= 15 is 0 Å². The Hall–Kier alpha value is -0.640. The average molecular weight is 188 g/mol. The second kappa shape index (κ2) is 5.09. The van der Waals surface area contributed by atoms with Crippen LogP contribution in [0.3, 0.4) is 0 Å². The standard InChI is InChI=1S/C8H16N2OS/c1-6(2)10(7(3)11)5-4-8(9)12/h6H,4-5H2,1-3H3,(H2,9,12). The Labute approximate surface area is 78.9 Å². The molecule has 0 heterocycles. The average Bonchev–Trinajstić information content (AvgIpc) is 1.84. The largest absolute Gasteiger partial charge is 0.393 e. The fourth-order valence-electron chi connectivity index (χ4n) is 1.01. The first-order chi connectivity index (χ1) is 5.45. The summed E-state index contributed by atoms with van der Waals surface area (Å²) >= 11 is 4.73. The van der Waals surface area contributed by atoms with Crippen LogP contribution in [0.2, 0.25) is 0 Å². The van der Waals surface area contributed by atoms with E-state index in [9.17, 15) is 4.79 Å². The Kier molecular flexibility index (Phi) is 4.81. The van der Waals surface area contributed by atoms with Gasteiger partial charge in [-0.15, -0.1) is 0 Å². The molecule has 0 aliphatic carbocycles. The van der Waals surface area contributed by atoms with Crippen molar-refractivity contribution in [3.63, 3.8) is 0 Å². The molecule has 2 N–H and O–H groups in total. The van der Waals surface area contributed by atoms with Crippen molar-refractivity contribution in [2.24, 2.45) is 5.73 Å². The van der Waals surface area contributed by atoms with Crippen LogP contribution >= 0.6 is 12.2 Å². The molecule has 0 spiro atoms. The van der Waals surface area contributed by atoms with Crippen molar-refractivity contribution in [1.82, 2.24) is 4.90 Å². The molecule has 0 fully saturated rings. The predicted molar refractivity (Wildman–Crippen MR) is 53.9 cm³/mol. The molecule has 0 saturated carbocycles. The van der Waals surface area contributed by atoms with Gasteiger partial charge in [-0.1, -0.05) is 12.2 Å². The van der Waals surface area contributed by atoms with Gasteiger partial charge in [0, 0.05) is 25.9 Å². The molecule has 12 heavy (non-hydrogen) atoms. The minimum absolute atomic E-state index is 0.0706. The molecule has 1 amide bonds. The zero-order valence-electron chi connectivity index (χ0n) is 7.83. The minimum atomic E-state index is 0.0706. The summed E-state index contributed by atoms with van der Waals surface area (Å²) in [5.41, 5.74) is 5.33. The van der Waals surface area contributed by atoms with E-state index in [0.29, 0.717) is 18.0 Å². The van der Waals surface area contributed by atoms with Crippen LogP contribution in [0, 0.1) is 0 Å². The van der Waals surface area contributed by atoms with Crippen molar-refractivity contribution >= 4 is 23.1 Å². The second-order valence-electron chi connectivity index (χ2n) is 3.02. The molecule has 0 aliphatic heterocycles. The Morgan fingerprint density at radius 3 is 2.33 bits per heavy atom. The van der Waals surface area contributed by atoms with Gasteiger partial charge in [0.05, 0.1) is 4.99 Å². The van der Waals surface area contributed by atoms with Crippen LogP contribution in [0.15, 0.2) is 0 Å². The summed E-state index contributed by atoms with van der Waals surface area (Å²) in [4.78, 5) is 13.2. The zero-order chi connectivity index (χ0) is 9.72. The summed E-state index contributed by atoms with van der Waals surface area (Å²) in [7, 11) is 0. The molecule has 0 bridgehead atoms. The maximum Gasteiger partial charge on any atom is 0.219 e. The quantitative estimate of drug-likeness (QED) is 0.667. The molecular weight excluding hydrogens is 172 g/mol. The SMILES string of the molecule is CC(=O)N(CCC(N)=S)C(C)C. The first kappa shape index (κ1) is 11.4. The van der Waals surface area contributed by atoms with Crippen molar-refractivity contribution in [2.75, 3.05) is 6.54 Å². The Morgan fingerprint density at radius 1 is 1.58 bits per heavy atom. The summed E-state index contributed by atoms with van der Waals surface area (Å²) in [6.45, 7) is 6.13. The highest BCUT2D eigenvalue weighted by Gasteiger charge is 2.11. The highest BCUT2D eigenvalue weighted by Crippen LogP contribution is 1.99. The number of hydrogen-bond donors (Lipinski definition) is 1. The number of hydrogen-bond acceptors (Lipinski definition) is 2. The molecular formula is C8H16N2OS. The molecule has 4 heteroatoms. The molecule has 0 aromatic rings. The van der Waals surface area contributed by atoms with Gasteiger partial charge in [-0.05, 0) is 13.8 Å². The van der Waals surface area contributed by atoms with Crippen molar-refractivity contribution in [2.45, 2.75) is 33.2 Å². The lowest BCUT2D eigenvalue weighted by Crippen LogP contribution is -2.37. The highest BCUT2D eigenvalue weighted by molar-refractivity contribution is 7.80. The second-order valence-corrected chi connectivity index (χ2v) is 3.55. The van der Waals surface area contributed by atoms with Crippen LogP contribution in [0.5, 0.6) is 0 Å². The van der Waals surface area contributed by atoms with E-state index in [1.807, 2.05) is 13.8 Å². The summed E-state index contributed by atoms with van der Waals surface area (Å²) in [6, 6.07) is 0.219. The normalized spacial score (nSPS) is 10.0. The minimum Gasteiger partial charge on any atom is -0.393 e. The van der Waals surface area contributed by atoms with Crippen LogP contribution in [0.4, 0.5) is 0 Å². The maximum atomic E-state index is 11.0. The Balaban J connectivity index is 3.97. The molecule has 0 aliphatic rings. The first-order valence-electron chi connectivity index (χ1n) is 4.00. The van der Waals surface area contributed by atoms with E-state index in [-0.39, 0.29) is 11.9 Å². The lowest BCUT2D eigenvalue weighted by atomic mass is 10.3. The van der Waals surface area contributed by atoms with Crippen LogP contribution in [-0.4, -0.2) is 28.4 Å². The van der Waals surface area contributed by atoms with Crippen LogP contribution in [-0.2, 0) is 4.79 Å². The smallest absolute Gasteiger partial charge is 0.219 e. The fourth-order valence-corrected chi connectivity index (χ4v) is 1.10. The van der Waals surface area contributed by atoms with E-state index in [4.69, 9.17) is 18.0 Å². The Morgan fingerprint density at radius 2 is 2.08 bits per heavy atom. The number of nitrogens with two attached hydrogens (primary N) is 1. The van der Waals surface area contributed by atoms with Crippen molar-refractivity contribution in [1.29, 1.82) is 0 Å². The highest BCUT2D eigenvalue weighted by atomic mass is 32.1. The van der Waals surface area contributed by atoms with Crippen LogP contribution in [0.1, 0.15) is 27.2 Å². The predicted octanol–water partition coefficient (Wildman–Crippen LogP) is 0.920. The Bertz CT molecular complexity index is 180. The molecule has 0 rings (SSSR count). The van der Waals surface area contributed by atoms with Gasteiger partial charge in [-0.3, -0.25) is 4.79 Å². The third-order valence-corrected chi connectivity index (χ3v) is 1.83. The number of carbonyl (C=O) groups excluding carboxylic acids is 1. The molecule has 0 aromatic heterocycles. The third kappa shape index (κ3) is 4.28. The number of amides is 1. The van der Waals surface area contributed by atoms with Crippen molar-refractivity contribution in [3.8, 4) is 0 Å². The lowest BCUT2D eigenvalue weighted by Gasteiger charge is -2.24. The number of thiocarbonyl (C=S) groups is 1. The molecule has 0 saturated heterocycles. The van der Waals surface area contributed by atoms with E-state index in [1.165, 1.54) is 0 Å². The van der Waals surface area contributed by atoms with Gasteiger partial charge in [0.2, 0.25) is 5.91 Å². The van der Waals surface area contributed by atoms with E-state index in [0.717, 1.165) is 0 Å². The number of carbonyl (C=O) groups is 1. The monoisotopic (exact) mass is 188 g/mol. The van der Waals surface area contributed by atoms with Gasteiger partial charge in [0.1, 0.15) is 0 Å². The summed E-state index contributed by atoms with van der Waals surface area (Å²) in [6.07, 6.45) is 0.604. The van der Waals surface area contributed by atoms with Gasteiger partial charge in [-0.2, -0.15) is 0 Å². The maximum absolute atomic E-state index is 11.0. The van der Waals surface area contributed by atoms with Gasteiger partial charge >= 0.3 is 0 Å². The fraction of sp³-hybridized carbons (Fsp3) is 0.750. The van der Waals surface area contributed by atoms with Crippen LogP contribution < -0.4 is 5.73 Å². The van der Waals surface area contributed by atoms with Crippen molar-refractivity contribution < 1.29 is 4.79 Å². The molecule has 0 radical (unpaired) electrons. The van der Waals surface area contributed by atoms with Crippen molar-refractivity contribution in [3.05, 3.63) is 0 Å². The van der Waals surface area contributed by atoms with E-state index in [1.54, 1.807) is 11.8 Å². The van der Waals surface area contributed by atoms with Gasteiger partial charge < -0.3 is 10.6 Å². The number of rotatable bonds is 4. The van der Waals surface area contributed by atoms with E-state index in [2.05, 4.69) is 0 Å². The molecule has 70 valence electrons. The summed E-state index contributed by atoms with van der Waals surface area (Å²) in [5.74, 6) is 0.0706. The van der Waals surface area contributed by atoms with Gasteiger partial charge in [0.25, 0.3) is 0 Å². The van der Waals surface area contributed by atoms with Crippen LogP contribution in [0.25, 0.3) is 0 Å². The van der Waals surface area contributed by atoms with Gasteiger partial charge in [-0.25, -0.2) is 0 Å². The molecule has 0 atom stereocenters. The van der Waals surface area contributed by atoms with E-state index < -0.39 is 0 Å². The molecule has 3 nitrogen and oxygen atoms in total. The van der Waals surface area contributed by atoms with Gasteiger partial charge in [0.15, 0.2) is 0 Å². The topological polar surface area (TPSA) is 46.3 Å². The molecule has 0 unspecified atom stereocenters. The third-order valence-electron chi connectivity index (χ3n) is 1.63. The summed E-state index contributed by atoms with van der Waals surface area (Å²) < 4.78 is 0. The zero-order valence-corrected chi connectivity index (χ0v) is 8.65. The molecule has 0 aromatic carbocycles.